The van der Waals surface area contributed by atoms with Crippen molar-refractivity contribution in [2.75, 3.05) is 0 Å². The standard InChI is InChI=1S/C28H36O8/c1-16(29)26(33)12-13-28(35)25(26,3)22(36-23(32)17-4-6-19(30)7-5-17)15-21-24(2)10-9-20(31)14-18(24)8-11-27(21,28)34/h4-8,20-22,30-31,33-35H,9-15H2,1-3H3/t20-,21+,22+,24-,25+,26+,27-,28+/m1/s1. The quantitative estimate of drug-likeness (QED) is 0.314. The van der Waals surface area contributed by atoms with E-state index in [1.54, 1.807) is 6.92 Å². The maximum atomic E-state index is 13.2. The van der Waals surface area contributed by atoms with E-state index in [9.17, 15) is 35.1 Å². The zero-order valence-corrected chi connectivity index (χ0v) is 21.0. The number of phenolic OH excluding ortho intramolecular Hbond substituents is 1. The summed E-state index contributed by atoms with van der Waals surface area (Å²) >= 11 is 0. The molecule has 8 atom stereocenters. The van der Waals surface area contributed by atoms with Crippen molar-refractivity contribution in [3.8, 4) is 5.75 Å². The van der Waals surface area contributed by atoms with Gasteiger partial charge in [0.2, 0.25) is 0 Å². The number of benzene rings is 1. The Morgan fingerprint density at radius 2 is 1.69 bits per heavy atom. The lowest BCUT2D eigenvalue weighted by atomic mass is 9.42. The Labute approximate surface area is 210 Å². The van der Waals surface area contributed by atoms with Crippen LogP contribution in [0.2, 0.25) is 0 Å². The van der Waals surface area contributed by atoms with Crippen molar-refractivity contribution in [1.82, 2.24) is 0 Å². The molecule has 5 rings (SSSR count). The number of carbonyl (C=O) groups excluding carboxylic acids is 2. The number of aliphatic hydroxyl groups is 4. The maximum Gasteiger partial charge on any atom is 0.338 e. The molecule has 4 aliphatic carbocycles. The fourth-order valence-corrected chi connectivity index (χ4v) is 8.17. The molecule has 8 nitrogen and oxygen atoms in total. The average molecular weight is 501 g/mol. The van der Waals surface area contributed by atoms with Gasteiger partial charge in [0.05, 0.1) is 17.1 Å². The van der Waals surface area contributed by atoms with E-state index in [1.807, 2.05) is 13.0 Å². The molecule has 0 saturated heterocycles. The lowest BCUT2D eigenvalue weighted by Gasteiger charge is -2.67. The van der Waals surface area contributed by atoms with Crippen LogP contribution >= 0.6 is 0 Å². The summed E-state index contributed by atoms with van der Waals surface area (Å²) in [6.07, 6.45) is 2.15. The van der Waals surface area contributed by atoms with Crippen LogP contribution in [0.5, 0.6) is 5.75 Å². The molecule has 8 heteroatoms. The van der Waals surface area contributed by atoms with Crippen molar-refractivity contribution in [1.29, 1.82) is 0 Å². The van der Waals surface area contributed by atoms with Crippen molar-refractivity contribution in [3.63, 3.8) is 0 Å². The Morgan fingerprint density at radius 3 is 2.33 bits per heavy atom. The molecular formula is C28H36O8. The van der Waals surface area contributed by atoms with Crippen LogP contribution in [0.3, 0.4) is 0 Å². The molecule has 0 aromatic heterocycles. The van der Waals surface area contributed by atoms with Gasteiger partial charge >= 0.3 is 5.97 Å². The van der Waals surface area contributed by atoms with Crippen molar-refractivity contribution >= 4 is 11.8 Å². The molecule has 0 amide bonds. The van der Waals surface area contributed by atoms with Crippen LogP contribution in [-0.2, 0) is 9.53 Å². The molecule has 1 aromatic carbocycles. The van der Waals surface area contributed by atoms with Crippen LogP contribution in [0, 0.1) is 16.7 Å². The maximum absolute atomic E-state index is 13.2. The summed E-state index contributed by atoms with van der Waals surface area (Å²) in [5, 5.41) is 56.3. The Hall–Kier alpha value is -2.26. The first-order valence-electron chi connectivity index (χ1n) is 12.8. The zero-order chi connectivity index (χ0) is 26.3. The summed E-state index contributed by atoms with van der Waals surface area (Å²) < 4.78 is 6.01. The second-order valence-corrected chi connectivity index (χ2v) is 11.9. The highest BCUT2D eigenvalue weighted by Crippen LogP contribution is 2.70. The smallest absolute Gasteiger partial charge is 0.338 e. The minimum atomic E-state index is -2.00. The second-order valence-electron chi connectivity index (χ2n) is 11.9. The summed E-state index contributed by atoms with van der Waals surface area (Å²) in [6.45, 7) is 4.84. The molecule has 0 radical (unpaired) electrons. The number of hydrogen-bond donors (Lipinski definition) is 5. The van der Waals surface area contributed by atoms with Crippen LogP contribution in [-0.4, -0.2) is 66.3 Å². The summed E-state index contributed by atoms with van der Waals surface area (Å²) in [7, 11) is 0. The van der Waals surface area contributed by atoms with Gasteiger partial charge in [-0.05, 0) is 88.5 Å². The summed E-state index contributed by atoms with van der Waals surface area (Å²) in [6, 6.07) is 5.57. The average Bonchev–Trinajstić information content (AvgIpc) is 3.06. The lowest BCUT2D eigenvalue weighted by Crippen LogP contribution is -2.78. The van der Waals surface area contributed by atoms with Gasteiger partial charge in [-0.1, -0.05) is 18.6 Å². The van der Waals surface area contributed by atoms with Crippen LogP contribution in [0.4, 0.5) is 0 Å². The summed E-state index contributed by atoms with van der Waals surface area (Å²) in [5.74, 6) is -1.79. The molecular weight excluding hydrogens is 464 g/mol. The minimum absolute atomic E-state index is 0.00806. The Kier molecular flexibility index (Phi) is 5.55. The van der Waals surface area contributed by atoms with Crippen LogP contribution in [0.1, 0.15) is 76.1 Å². The molecule has 5 N–H and O–H groups in total. The van der Waals surface area contributed by atoms with Crippen molar-refractivity contribution in [2.45, 2.75) is 94.7 Å². The van der Waals surface area contributed by atoms with Gasteiger partial charge in [-0.25, -0.2) is 4.79 Å². The Morgan fingerprint density at radius 1 is 1.03 bits per heavy atom. The molecule has 36 heavy (non-hydrogen) atoms. The molecule has 0 spiro atoms. The van der Waals surface area contributed by atoms with E-state index in [1.165, 1.54) is 31.2 Å². The number of ether oxygens (including phenoxy) is 1. The van der Waals surface area contributed by atoms with Crippen LogP contribution in [0.25, 0.3) is 0 Å². The normalized spacial score (nSPS) is 45.6. The molecule has 3 saturated carbocycles. The molecule has 196 valence electrons. The number of aromatic hydroxyl groups is 1. The minimum Gasteiger partial charge on any atom is -0.508 e. The SMILES string of the molecule is CC(=O)[C@@]1(O)CC[C@]2(O)[C@@]1(C)[C@@H](OC(=O)c1ccc(O)cc1)C[C@@H]1[C@]2(O)CC=C2C[C@H](O)CC[C@]21C. The van der Waals surface area contributed by atoms with Gasteiger partial charge in [-0.15, -0.1) is 0 Å². The molecule has 0 bridgehead atoms. The monoisotopic (exact) mass is 500 g/mol. The van der Waals surface area contributed by atoms with Crippen LogP contribution in [0.15, 0.2) is 35.9 Å². The first kappa shape index (κ1) is 25.4. The predicted molar refractivity (Wildman–Crippen MR) is 129 cm³/mol. The highest BCUT2D eigenvalue weighted by molar-refractivity contribution is 5.90. The summed E-state index contributed by atoms with van der Waals surface area (Å²) in [5.41, 5.74) is -6.60. The molecule has 4 aliphatic rings. The third kappa shape index (κ3) is 3.01. The molecule has 0 unspecified atom stereocenters. The van der Waals surface area contributed by atoms with E-state index in [4.69, 9.17) is 4.74 Å². The Bertz CT molecular complexity index is 1130. The van der Waals surface area contributed by atoms with E-state index in [0.717, 1.165) is 5.57 Å². The fourth-order valence-electron chi connectivity index (χ4n) is 8.17. The topological polar surface area (TPSA) is 145 Å². The third-order valence-electron chi connectivity index (χ3n) is 10.5. The largest absolute Gasteiger partial charge is 0.508 e. The van der Waals surface area contributed by atoms with Crippen molar-refractivity contribution < 1.29 is 39.9 Å². The highest BCUT2D eigenvalue weighted by Gasteiger charge is 2.81. The van der Waals surface area contributed by atoms with Gasteiger partial charge < -0.3 is 30.3 Å². The van der Waals surface area contributed by atoms with E-state index in [0.29, 0.717) is 19.3 Å². The second kappa shape index (κ2) is 7.87. The number of carbonyl (C=O) groups is 2. The predicted octanol–water partition coefficient (Wildman–Crippen LogP) is 2.40. The van der Waals surface area contributed by atoms with Gasteiger partial charge in [0.15, 0.2) is 5.78 Å². The number of Topliss-reactive ketones (excluding diaryl/α,β-unsaturated/α-hetero) is 1. The van der Waals surface area contributed by atoms with E-state index in [-0.39, 0.29) is 37.0 Å². The first-order valence-corrected chi connectivity index (χ1v) is 12.8. The molecule has 1 aromatic rings. The number of phenols is 1. The number of esters is 1. The highest BCUT2D eigenvalue weighted by atomic mass is 16.5. The lowest BCUT2D eigenvalue weighted by molar-refractivity contribution is -0.312. The number of fused-ring (bicyclic) bond motifs is 5. The van der Waals surface area contributed by atoms with Crippen molar-refractivity contribution in [2.24, 2.45) is 16.7 Å². The molecule has 0 heterocycles. The van der Waals surface area contributed by atoms with Gasteiger partial charge in [0, 0.05) is 5.92 Å². The van der Waals surface area contributed by atoms with E-state index < -0.39 is 57.5 Å². The Balaban J connectivity index is 1.64. The number of rotatable bonds is 3. The number of hydrogen-bond acceptors (Lipinski definition) is 8. The van der Waals surface area contributed by atoms with Gasteiger partial charge in [-0.3, -0.25) is 4.79 Å². The van der Waals surface area contributed by atoms with E-state index in [2.05, 4.69) is 0 Å². The molecule has 3 fully saturated rings. The van der Waals surface area contributed by atoms with Crippen molar-refractivity contribution in [3.05, 3.63) is 41.5 Å². The first-order chi connectivity index (χ1) is 16.7. The number of aliphatic hydroxyl groups excluding tert-OH is 1. The third-order valence-corrected chi connectivity index (χ3v) is 10.5. The van der Waals surface area contributed by atoms with Gasteiger partial charge in [0.25, 0.3) is 0 Å². The van der Waals surface area contributed by atoms with E-state index >= 15 is 0 Å². The number of ketones is 1. The van der Waals surface area contributed by atoms with Gasteiger partial charge in [-0.2, -0.15) is 0 Å². The summed E-state index contributed by atoms with van der Waals surface area (Å²) in [4.78, 5) is 26.1. The molecule has 0 aliphatic heterocycles. The van der Waals surface area contributed by atoms with Crippen LogP contribution < -0.4 is 0 Å². The van der Waals surface area contributed by atoms with Gasteiger partial charge in [0.1, 0.15) is 28.7 Å². The fraction of sp³-hybridized carbons (Fsp3) is 0.643. The zero-order valence-electron chi connectivity index (χ0n) is 21.0.